The van der Waals surface area contributed by atoms with Crippen molar-refractivity contribution in [1.29, 1.82) is 0 Å². The minimum absolute atomic E-state index is 0.284. The van der Waals surface area contributed by atoms with Crippen molar-refractivity contribution in [2.24, 2.45) is 0 Å². The van der Waals surface area contributed by atoms with E-state index in [4.69, 9.17) is 14.2 Å². The van der Waals surface area contributed by atoms with Crippen molar-refractivity contribution in [3.8, 4) is 11.4 Å². The van der Waals surface area contributed by atoms with Crippen LogP contribution in [0, 0.1) is 12.7 Å². The average molecular weight is 396 g/mol. The van der Waals surface area contributed by atoms with Gasteiger partial charge in [-0.2, -0.15) is 0 Å². The van der Waals surface area contributed by atoms with E-state index >= 15 is 0 Å². The van der Waals surface area contributed by atoms with Gasteiger partial charge < -0.3 is 18.8 Å². The monoisotopic (exact) mass is 396 g/mol. The van der Waals surface area contributed by atoms with Gasteiger partial charge in [0.15, 0.2) is 0 Å². The van der Waals surface area contributed by atoms with Gasteiger partial charge in [-0.05, 0) is 42.3 Å². The molecule has 0 aliphatic carbocycles. The zero-order chi connectivity index (χ0) is 20.3. The molecule has 1 aliphatic heterocycles. The van der Waals surface area contributed by atoms with Crippen molar-refractivity contribution in [3.63, 3.8) is 0 Å². The first-order valence-electron chi connectivity index (χ1n) is 9.76. The zero-order valence-electron chi connectivity index (χ0n) is 16.7. The van der Waals surface area contributed by atoms with E-state index < -0.39 is 0 Å². The van der Waals surface area contributed by atoms with Gasteiger partial charge in [-0.15, -0.1) is 0 Å². The highest BCUT2D eigenvalue weighted by Crippen LogP contribution is 2.36. The summed E-state index contributed by atoms with van der Waals surface area (Å²) in [6.45, 7) is 3.49. The number of hydrogen-bond donors (Lipinski definition) is 0. The van der Waals surface area contributed by atoms with E-state index in [1.165, 1.54) is 6.07 Å². The lowest BCUT2D eigenvalue weighted by Crippen LogP contribution is -2.35. The molecule has 29 heavy (non-hydrogen) atoms. The van der Waals surface area contributed by atoms with Crippen molar-refractivity contribution in [3.05, 3.63) is 77.6 Å². The number of aryl methyl sites for hydroxylation is 1. The van der Waals surface area contributed by atoms with E-state index in [0.29, 0.717) is 18.9 Å². The SMILES string of the molecule is COC1(c2cccc(OCc3ccc(-n4ccnc4C)c(F)c3)c2)CCOCC1. The minimum atomic E-state index is -0.339. The third-order valence-corrected chi connectivity index (χ3v) is 5.55. The number of ether oxygens (including phenoxy) is 3. The van der Waals surface area contributed by atoms with Gasteiger partial charge in [0.05, 0.1) is 11.3 Å². The molecule has 1 aromatic heterocycles. The molecule has 0 unspecified atom stereocenters. The number of methoxy groups -OCH3 is 1. The van der Waals surface area contributed by atoms with E-state index in [9.17, 15) is 4.39 Å². The quantitative estimate of drug-likeness (QED) is 0.613. The molecule has 0 saturated carbocycles. The van der Waals surface area contributed by atoms with Crippen LogP contribution in [0.3, 0.4) is 0 Å². The Balaban J connectivity index is 1.48. The van der Waals surface area contributed by atoms with Gasteiger partial charge in [0, 0.05) is 45.6 Å². The predicted octanol–water partition coefficient (Wildman–Crippen LogP) is 4.55. The lowest BCUT2D eigenvalue weighted by atomic mass is 9.86. The summed E-state index contributed by atoms with van der Waals surface area (Å²) < 4.78 is 33.6. The Morgan fingerprint density at radius 3 is 2.69 bits per heavy atom. The molecule has 1 fully saturated rings. The Labute approximate surface area is 170 Å². The average Bonchev–Trinajstić information content (AvgIpc) is 3.18. The molecule has 0 bridgehead atoms. The van der Waals surface area contributed by atoms with Gasteiger partial charge >= 0.3 is 0 Å². The summed E-state index contributed by atoms with van der Waals surface area (Å²) in [7, 11) is 1.74. The first-order chi connectivity index (χ1) is 14.1. The fourth-order valence-electron chi connectivity index (χ4n) is 3.82. The fraction of sp³-hybridized carbons (Fsp3) is 0.348. The molecule has 5 nitrogen and oxygen atoms in total. The number of rotatable bonds is 6. The highest BCUT2D eigenvalue weighted by Gasteiger charge is 2.34. The Morgan fingerprint density at radius 1 is 1.17 bits per heavy atom. The van der Waals surface area contributed by atoms with Crippen LogP contribution in [0.2, 0.25) is 0 Å². The van der Waals surface area contributed by atoms with Crippen molar-refractivity contribution >= 4 is 0 Å². The highest BCUT2D eigenvalue weighted by atomic mass is 19.1. The number of nitrogens with zero attached hydrogens (tertiary/aromatic N) is 2. The summed E-state index contributed by atoms with van der Waals surface area (Å²) in [5, 5.41) is 0. The summed E-state index contributed by atoms with van der Waals surface area (Å²) in [6, 6.07) is 13.1. The Bertz CT molecular complexity index is 980. The second-order valence-electron chi connectivity index (χ2n) is 7.26. The number of aromatic nitrogens is 2. The van der Waals surface area contributed by atoms with Crippen LogP contribution in [0.5, 0.6) is 5.75 Å². The summed E-state index contributed by atoms with van der Waals surface area (Å²) in [5.41, 5.74) is 1.99. The largest absolute Gasteiger partial charge is 0.489 e. The van der Waals surface area contributed by atoms with Gasteiger partial charge in [-0.1, -0.05) is 18.2 Å². The van der Waals surface area contributed by atoms with Gasteiger partial charge in [0.25, 0.3) is 0 Å². The number of hydrogen-bond acceptors (Lipinski definition) is 4. The van der Waals surface area contributed by atoms with Gasteiger partial charge in [0.2, 0.25) is 0 Å². The van der Waals surface area contributed by atoms with Crippen LogP contribution in [0.4, 0.5) is 4.39 Å². The molecule has 6 heteroatoms. The summed E-state index contributed by atoms with van der Waals surface area (Å²) in [6.07, 6.45) is 5.03. The van der Waals surface area contributed by atoms with Gasteiger partial charge in [0.1, 0.15) is 24.0 Å². The maximum absolute atomic E-state index is 14.6. The van der Waals surface area contributed by atoms with Crippen LogP contribution in [-0.2, 0) is 21.7 Å². The summed E-state index contributed by atoms with van der Waals surface area (Å²) >= 11 is 0. The molecule has 0 radical (unpaired) electrons. The molecule has 4 rings (SSSR count). The molecule has 0 spiro atoms. The fourth-order valence-corrected chi connectivity index (χ4v) is 3.82. The number of imidazole rings is 1. The van der Waals surface area contributed by atoms with Crippen LogP contribution in [0.15, 0.2) is 54.9 Å². The van der Waals surface area contributed by atoms with E-state index in [1.807, 2.05) is 31.2 Å². The maximum Gasteiger partial charge on any atom is 0.147 e. The predicted molar refractivity (Wildman–Crippen MR) is 108 cm³/mol. The summed E-state index contributed by atoms with van der Waals surface area (Å²) in [5.74, 6) is 1.17. The maximum atomic E-state index is 14.6. The van der Waals surface area contributed by atoms with Crippen molar-refractivity contribution < 1.29 is 18.6 Å². The lowest BCUT2D eigenvalue weighted by molar-refractivity contribution is -0.0948. The molecular formula is C23H25FN2O3. The second-order valence-corrected chi connectivity index (χ2v) is 7.26. The van der Waals surface area contributed by atoms with Crippen LogP contribution in [0.25, 0.3) is 5.69 Å². The van der Waals surface area contributed by atoms with E-state index in [-0.39, 0.29) is 18.0 Å². The second kappa shape index (κ2) is 8.35. The van der Waals surface area contributed by atoms with Gasteiger partial charge in [-0.25, -0.2) is 9.37 Å². The zero-order valence-corrected chi connectivity index (χ0v) is 16.7. The molecule has 0 N–H and O–H groups in total. The molecule has 2 heterocycles. The minimum Gasteiger partial charge on any atom is -0.489 e. The molecule has 1 aliphatic rings. The lowest BCUT2D eigenvalue weighted by Gasteiger charge is -2.36. The van der Waals surface area contributed by atoms with Crippen LogP contribution < -0.4 is 4.74 Å². The number of benzene rings is 2. The van der Waals surface area contributed by atoms with Crippen LogP contribution >= 0.6 is 0 Å². The molecule has 1 saturated heterocycles. The van der Waals surface area contributed by atoms with Crippen LogP contribution in [-0.4, -0.2) is 29.9 Å². The molecule has 3 aromatic rings. The first kappa shape index (κ1) is 19.6. The number of halogens is 1. The Morgan fingerprint density at radius 2 is 2.00 bits per heavy atom. The standard InChI is InChI=1S/C23H25FN2O3/c1-17-25-10-11-26(17)22-7-6-18(14-21(22)24)16-29-20-5-3-4-19(15-20)23(27-2)8-12-28-13-9-23/h3-7,10-11,14-15H,8-9,12-13,16H2,1-2H3. The highest BCUT2D eigenvalue weighted by molar-refractivity contribution is 5.38. The molecule has 152 valence electrons. The topological polar surface area (TPSA) is 45.5 Å². The van der Waals surface area contributed by atoms with Crippen LogP contribution in [0.1, 0.15) is 29.8 Å². The molecule has 0 atom stereocenters. The summed E-state index contributed by atoms with van der Waals surface area (Å²) in [4.78, 5) is 4.15. The smallest absolute Gasteiger partial charge is 0.147 e. The third kappa shape index (κ3) is 4.04. The van der Waals surface area contributed by atoms with E-state index in [2.05, 4.69) is 11.1 Å². The first-order valence-corrected chi connectivity index (χ1v) is 9.76. The van der Waals surface area contributed by atoms with Gasteiger partial charge in [-0.3, -0.25) is 0 Å². The molecule has 0 amide bonds. The third-order valence-electron chi connectivity index (χ3n) is 5.55. The Kier molecular flexibility index (Phi) is 5.65. The van der Waals surface area contributed by atoms with Crippen molar-refractivity contribution in [2.45, 2.75) is 32.0 Å². The van der Waals surface area contributed by atoms with Crippen molar-refractivity contribution in [1.82, 2.24) is 9.55 Å². The normalized spacial score (nSPS) is 16.0. The molecule has 2 aromatic carbocycles. The van der Waals surface area contributed by atoms with E-state index in [1.54, 1.807) is 30.1 Å². The van der Waals surface area contributed by atoms with Crippen molar-refractivity contribution in [2.75, 3.05) is 20.3 Å². The van der Waals surface area contributed by atoms with E-state index in [0.717, 1.165) is 35.5 Å². The molecular weight excluding hydrogens is 371 g/mol. The Hall–Kier alpha value is -2.70.